The van der Waals surface area contributed by atoms with E-state index in [0.29, 0.717) is 34.8 Å². The van der Waals surface area contributed by atoms with Gasteiger partial charge in [0.15, 0.2) is 0 Å². The number of rotatable bonds is 6. The summed E-state index contributed by atoms with van der Waals surface area (Å²) in [5.74, 6) is 0.433. The number of nitrogens with one attached hydrogen (secondary N) is 1. The summed E-state index contributed by atoms with van der Waals surface area (Å²) in [4.78, 5) is 26.4. The molecule has 2 aromatic carbocycles. The Labute approximate surface area is 214 Å². The number of carbonyl (C=O) groups is 1. The number of nitrogens with two attached hydrogens (primary N) is 1. The fourth-order valence-electron chi connectivity index (χ4n) is 4.76. The minimum atomic E-state index is -3.91. The number of hydrogen-bond donors (Lipinski definition) is 2. The maximum atomic E-state index is 13.5. The topological polar surface area (TPSA) is 125 Å². The van der Waals surface area contributed by atoms with E-state index < -0.39 is 10.0 Å². The molecule has 1 saturated heterocycles. The van der Waals surface area contributed by atoms with Crippen LogP contribution in [0.4, 0.5) is 5.82 Å². The molecule has 2 aromatic heterocycles. The summed E-state index contributed by atoms with van der Waals surface area (Å²) in [5, 5.41) is 2.05. The molecule has 1 aliphatic heterocycles. The fourth-order valence-corrected chi connectivity index (χ4v) is 6.37. The van der Waals surface area contributed by atoms with Crippen LogP contribution in [0.2, 0.25) is 5.02 Å². The predicted molar refractivity (Wildman–Crippen MR) is 140 cm³/mol. The Bertz CT molecular complexity index is 1570. The molecule has 1 aliphatic rings. The number of hydrogen-bond acceptors (Lipinski definition) is 6. The van der Waals surface area contributed by atoms with Crippen molar-refractivity contribution >= 4 is 55.2 Å². The van der Waals surface area contributed by atoms with E-state index in [4.69, 9.17) is 17.3 Å². The normalized spacial score (nSPS) is 17.5. The van der Waals surface area contributed by atoms with Gasteiger partial charge in [-0.1, -0.05) is 37.6 Å². The Morgan fingerprint density at radius 2 is 1.97 bits per heavy atom. The van der Waals surface area contributed by atoms with E-state index in [9.17, 15) is 13.2 Å². The Morgan fingerprint density at radius 3 is 2.75 bits per heavy atom. The number of sulfonamides is 1. The van der Waals surface area contributed by atoms with Crippen molar-refractivity contribution in [3.63, 3.8) is 0 Å². The number of fused-ring (bicyclic) bond motifs is 2. The Kier molecular flexibility index (Phi) is 6.36. The largest absolute Gasteiger partial charge is 0.383 e. The highest BCUT2D eigenvalue weighted by molar-refractivity contribution is 7.89. The molecule has 188 valence electrons. The standard InChI is InChI=1S/C25H27ClN6O3S/c1-15(2)7-19-12-31(36(34,35)23-9-17-4-5-18(26)10-21(17)30-23)13-24(33)32(19)11-16-3-6-20-22(8-16)28-14-29-25(20)27/h3-6,8-10,14-15,19,30H,7,11-13H2,1-2H3,(H2,27,28,29). The van der Waals surface area contributed by atoms with Gasteiger partial charge in [0.1, 0.15) is 17.2 Å². The molecule has 5 rings (SSSR count). The van der Waals surface area contributed by atoms with Crippen LogP contribution in [0.1, 0.15) is 25.8 Å². The van der Waals surface area contributed by atoms with Crippen LogP contribution in [0.25, 0.3) is 21.8 Å². The fraction of sp³-hybridized carbons (Fsp3) is 0.320. The van der Waals surface area contributed by atoms with Crippen molar-refractivity contribution in [1.82, 2.24) is 24.2 Å². The number of halogens is 1. The molecule has 1 fully saturated rings. The van der Waals surface area contributed by atoms with Gasteiger partial charge in [-0.15, -0.1) is 0 Å². The highest BCUT2D eigenvalue weighted by atomic mass is 35.5. The monoisotopic (exact) mass is 526 g/mol. The maximum absolute atomic E-state index is 13.5. The number of aromatic amines is 1. The minimum absolute atomic E-state index is 0.0520. The van der Waals surface area contributed by atoms with Gasteiger partial charge in [-0.2, -0.15) is 4.31 Å². The van der Waals surface area contributed by atoms with E-state index >= 15 is 0 Å². The molecule has 0 radical (unpaired) electrons. The average Bonchev–Trinajstić information content (AvgIpc) is 3.25. The molecule has 1 unspecified atom stereocenters. The van der Waals surface area contributed by atoms with Gasteiger partial charge in [0.25, 0.3) is 10.0 Å². The third-order valence-electron chi connectivity index (χ3n) is 6.49. The molecular weight excluding hydrogens is 500 g/mol. The third kappa shape index (κ3) is 4.63. The zero-order valence-electron chi connectivity index (χ0n) is 20.0. The lowest BCUT2D eigenvalue weighted by molar-refractivity contribution is -0.138. The van der Waals surface area contributed by atoms with Gasteiger partial charge >= 0.3 is 0 Å². The molecule has 9 nitrogen and oxygen atoms in total. The van der Waals surface area contributed by atoms with Crippen LogP contribution in [0.5, 0.6) is 0 Å². The number of nitrogen functional groups attached to an aromatic ring is 1. The van der Waals surface area contributed by atoms with Gasteiger partial charge in [0, 0.05) is 40.4 Å². The smallest absolute Gasteiger partial charge is 0.259 e. The molecule has 0 bridgehead atoms. The molecule has 1 amide bonds. The van der Waals surface area contributed by atoms with E-state index in [2.05, 4.69) is 28.8 Å². The first-order valence-electron chi connectivity index (χ1n) is 11.7. The highest BCUT2D eigenvalue weighted by Gasteiger charge is 2.39. The van der Waals surface area contributed by atoms with E-state index in [-0.39, 0.29) is 36.0 Å². The Hall–Kier alpha value is -3.21. The summed E-state index contributed by atoms with van der Waals surface area (Å²) in [6.07, 6.45) is 2.08. The summed E-state index contributed by atoms with van der Waals surface area (Å²) >= 11 is 6.06. The molecule has 0 saturated carbocycles. The van der Waals surface area contributed by atoms with Crippen molar-refractivity contribution in [2.75, 3.05) is 18.8 Å². The summed E-state index contributed by atoms with van der Waals surface area (Å²) in [5.41, 5.74) is 8.17. The predicted octanol–water partition coefficient (Wildman–Crippen LogP) is 3.79. The Morgan fingerprint density at radius 1 is 1.17 bits per heavy atom. The van der Waals surface area contributed by atoms with E-state index in [1.807, 2.05) is 18.2 Å². The molecule has 3 heterocycles. The van der Waals surface area contributed by atoms with Gasteiger partial charge in [-0.05, 0) is 48.2 Å². The summed E-state index contributed by atoms with van der Waals surface area (Å²) in [6, 6.07) is 12.1. The van der Waals surface area contributed by atoms with Gasteiger partial charge in [-0.25, -0.2) is 18.4 Å². The van der Waals surface area contributed by atoms with E-state index in [1.165, 1.54) is 10.6 Å². The number of nitrogens with zero attached hydrogens (tertiary/aromatic N) is 4. The summed E-state index contributed by atoms with van der Waals surface area (Å²) < 4.78 is 28.3. The van der Waals surface area contributed by atoms with Crippen LogP contribution >= 0.6 is 11.6 Å². The van der Waals surface area contributed by atoms with Gasteiger partial charge in [-0.3, -0.25) is 4.79 Å². The van der Waals surface area contributed by atoms with Crippen molar-refractivity contribution < 1.29 is 13.2 Å². The van der Waals surface area contributed by atoms with Crippen molar-refractivity contribution in [2.24, 2.45) is 5.92 Å². The molecule has 36 heavy (non-hydrogen) atoms. The first-order chi connectivity index (χ1) is 17.1. The summed E-state index contributed by atoms with van der Waals surface area (Å²) in [6.45, 7) is 4.47. The molecule has 1 atom stereocenters. The number of aromatic nitrogens is 3. The van der Waals surface area contributed by atoms with Crippen LogP contribution in [0.15, 0.2) is 53.8 Å². The lowest BCUT2D eigenvalue weighted by Gasteiger charge is -2.41. The molecule has 0 aliphatic carbocycles. The lowest BCUT2D eigenvalue weighted by atomic mass is 9.99. The molecule has 0 spiro atoms. The second kappa shape index (κ2) is 9.34. The van der Waals surface area contributed by atoms with Crippen molar-refractivity contribution in [2.45, 2.75) is 37.9 Å². The van der Waals surface area contributed by atoms with Crippen molar-refractivity contribution in [1.29, 1.82) is 0 Å². The number of carbonyl (C=O) groups excluding carboxylic acids is 1. The Balaban J connectivity index is 1.43. The van der Waals surface area contributed by atoms with Gasteiger partial charge in [0.2, 0.25) is 5.91 Å². The molecular formula is C25H27ClN6O3S. The zero-order valence-corrected chi connectivity index (χ0v) is 21.6. The number of anilines is 1. The molecule has 11 heteroatoms. The average molecular weight is 527 g/mol. The van der Waals surface area contributed by atoms with Crippen molar-refractivity contribution in [3.05, 3.63) is 59.4 Å². The summed E-state index contributed by atoms with van der Waals surface area (Å²) in [7, 11) is -3.91. The van der Waals surface area contributed by atoms with Gasteiger partial charge in [0.05, 0.1) is 12.1 Å². The maximum Gasteiger partial charge on any atom is 0.259 e. The molecule has 4 aromatic rings. The van der Waals surface area contributed by atoms with Crippen LogP contribution in [-0.4, -0.2) is 57.6 Å². The lowest BCUT2D eigenvalue weighted by Crippen LogP contribution is -2.57. The number of piperazine rings is 1. The van der Waals surface area contributed by atoms with Crippen LogP contribution < -0.4 is 5.73 Å². The van der Waals surface area contributed by atoms with Gasteiger partial charge < -0.3 is 15.6 Å². The quantitative estimate of drug-likeness (QED) is 0.393. The third-order valence-corrected chi connectivity index (χ3v) is 8.46. The molecule has 3 N–H and O–H groups in total. The van der Waals surface area contributed by atoms with Crippen molar-refractivity contribution in [3.8, 4) is 0 Å². The number of benzene rings is 2. The van der Waals surface area contributed by atoms with Crippen LogP contribution in [-0.2, 0) is 21.4 Å². The van der Waals surface area contributed by atoms with Crippen LogP contribution in [0.3, 0.4) is 0 Å². The zero-order chi connectivity index (χ0) is 25.6. The first-order valence-corrected chi connectivity index (χ1v) is 13.5. The minimum Gasteiger partial charge on any atom is -0.383 e. The van der Waals surface area contributed by atoms with E-state index in [0.717, 1.165) is 16.3 Å². The first kappa shape index (κ1) is 24.5. The second-order valence-corrected chi connectivity index (χ2v) is 11.9. The highest BCUT2D eigenvalue weighted by Crippen LogP contribution is 2.28. The number of H-pyrrole nitrogens is 1. The van der Waals surface area contributed by atoms with E-state index in [1.54, 1.807) is 29.2 Å². The second-order valence-electron chi connectivity index (χ2n) is 9.58. The van der Waals surface area contributed by atoms with Crippen LogP contribution in [0, 0.1) is 5.92 Å². The SMILES string of the molecule is CC(C)CC1CN(S(=O)(=O)c2cc3ccc(Cl)cc3[nH]2)CC(=O)N1Cc1ccc2c(N)ncnc2c1. The number of amides is 1.